The second kappa shape index (κ2) is 7.36. The van der Waals surface area contributed by atoms with Gasteiger partial charge in [-0.1, -0.05) is 30.3 Å². The van der Waals surface area contributed by atoms with Gasteiger partial charge in [-0.15, -0.1) is 0 Å². The number of ether oxygens (including phenoxy) is 1. The molecule has 1 fully saturated rings. The Balaban J connectivity index is 1.68. The van der Waals surface area contributed by atoms with Crippen LogP contribution in [-0.2, 0) is 4.74 Å². The first kappa shape index (κ1) is 16.3. The van der Waals surface area contributed by atoms with Crippen LogP contribution in [0.2, 0.25) is 0 Å². The highest BCUT2D eigenvalue weighted by Gasteiger charge is 2.22. The smallest absolute Gasteiger partial charge is 0.411 e. The average molecular weight is 325 g/mol. The number of carbonyl (C=O) groups is 1. The lowest BCUT2D eigenvalue weighted by Gasteiger charge is -2.19. The van der Waals surface area contributed by atoms with Crippen LogP contribution in [0.1, 0.15) is 12.8 Å². The van der Waals surface area contributed by atoms with Gasteiger partial charge in [0, 0.05) is 17.3 Å². The molecule has 24 heavy (non-hydrogen) atoms. The molecule has 0 aromatic heterocycles. The highest BCUT2D eigenvalue weighted by atomic mass is 16.5. The normalized spacial score (nSPS) is 17.6. The highest BCUT2D eigenvalue weighted by molar-refractivity contribution is 5.91. The molecular formula is C19H23N3O2. The quantitative estimate of drug-likeness (QED) is 0.843. The van der Waals surface area contributed by atoms with E-state index in [1.807, 2.05) is 48.5 Å². The molecule has 1 atom stereocenters. The van der Waals surface area contributed by atoms with E-state index in [-0.39, 0.29) is 0 Å². The minimum absolute atomic E-state index is 0.319. The maximum Gasteiger partial charge on any atom is 0.411 e. The molecule has 3 N–H and O–H groups in total. The van der Waals surface area contributed by atoms with Crippen LogP contribution < -0.4 is 11.1 Å². The minimum atomic E-state index is -0.424. The molecule has 0 spiro atoms. The van der Waals surface area contributed by atoms with Crippen LogP contribution in [0.15, 0.2) is 48.5 Å². The molecule has 1 amide bonds. The fourth-order valence-corrected chi connectivity index (χ4v) is 3.06. The number of nitrogens with one attached hydrogen (secondary N) is 1. The first-order valence-corrected chi connectivity index (χ1v) is 8.22. The lowest BCUT2D eigenvalue weighted by Crippen LogP contribution is -2.31. The second-order valence-electron chi connectivity index (χ2n) is 6.17. The summed E-state index contributed by atoms with van der Waals surface area (Å²) in [4.78, 5) is 14.4. The molecule has 3 rings (SSSR count). The van der Waals surface area contributed by atoms with E-state index in [4.69, 9.17) is 10.5 Å². The Kier molecular flexibility index (Phi) is 5.01. The predicted molar refractivity (Wildman–Crippen MR) is 96.9 cm³/mol. The number of likely N-dealkylation sites (N-methyl/N-ethyl adjacent to an activating group) is 1. The lowest BCUT2D eigenvalue weighted by atomic mass is 10.0. The zero-order valence-corrected chi connectivity index (χ0v) is 13.9. The van der Waals surface area contributed by atoms with Gasteiger partial charge in [-0.3, -0.25) is 5.32 Å². The Morgan fingerprint density at radius 2 is 2.12 bits per heavy atom. The Morgan fingerprint density at radius 1 is 1.29 bits per heavy atom. The molecule has 2 aromatic rings. The number of hydrogen-bond acceptors (Lipinski definition) is 4. The number of nitrogens with zero attached hydrogens (tertiary/aromatic N) is 1. The number of amides is 1. The number of nitrogens with two attached hydrogens (primary N) is 1. The van der Waals surface area contributed by atoms with Gasteiger partial charge in [-0.25, -0.2) is 4.79 Å². The van der Waals surface area contributed by atoms with E-state index < -0.39 is 6.09 Å². The van der Waals surface area contributed by atoms with Crippen LogP contribution in [0.5, 0.6) is 0 Å². The third-order valence-electron chi connectivity index (χ3n) is 4.44. The van der Waals surface area contributed by atoms with Crippen LogP contribution in [-0.4, -0.2) is 37.2 Å². The molecule has 1 heterocycles. The summed E-state index contributed by atoms with van der Waals surface area (Å²) in [5, 5.41) is 2.85. The maximum absolute atomic E-state index is 12.1. The van der Waals surface area contributed by atoms with Crippen LogP contribution in [0.3, 0.4) is 0 Å². The van der Waals surface area contributed by atoms with E-state index in [0.717, 1.165) is 30.5 Å². The van der Waals surface area contributed by atoms with Gasteiger partial charge in [0.05, 0.1) is 5.69 Å². The van der Waals surface area contributed by atoms with E-state index >= 15 is 0 Å². The zero-order valence-electron chi connectivity index (χ0n) is 13.9. The number of benzene rings is 2. The van der Waals surface area contributed by atoms with Crippen molar-refractivity contribution in [3.05, 3.63) is 48.5 Å². The SMILES string of the molecule is CN1CCC[C@H]1COC(=O)Nc1ccccc1-c1cccc(N)c1. The number of likely N-dealkylation sites (tertiary alicyclic amines) is 1. The van der Waals surface area contributed by atoms with Crippen molar-refractivity contribution in [2.24, 2.45) is 0 Å². The first-order chi connectivity index (χ1) is 11.6. The van der Waals surface area contributed by atoms with Crippen molar-refractivity contribution >= 4 is 17.5 Å². The van der Waals surface area contributed by atoms with Crippen LogP contribution in [0, 0.1) is 0 Å². The van der Waals surface area contributed by atoms with Crippen LogP contribution in [0.4, 0.5) is 16.2 Å². The fraction of sp³-hybridized carbons (Fsp3) is 0.316. The van der Waals surface area contributed by atoms with Crippen molar-refractivity contribution in [3.8, 4) is 11.1 Å². The molecular weight excluding hydrogens is 302 g/mol. The summed E-state index contributed by atoms with van der Waals surface area (Å²) in [6.07, 6.45) is 1.81. The number of para-hydroxylation sites is 1. The molecule has 2 aromatic carbocycles. The van der Waals surface area contributed by atoms with Crippen molar-refractivity contribution in [1.29, 1.82) is 0 Å². The van der Waals surface area contributed by atoms with E-state index in [1.54, 1.807) is 0 Å². The summed E-state index contributed by atoms with van der Waals surface area (Å²) < 4.78 is 5.40. The van der Waals surface area contributed by atoms with Gasteiger partial charge < -0.3 is 15.4 Å². The van der Waals surface area contributed by atoms with Gasteiger partial charge in [-0.05, 0) is 50.2 Å². The Morgan fingerprint density at radius 3 is 2.88 bits per heavy atom. The molecule has 0 radical (unpaired) electrons. The molecule has 0 unspecified atom stereocenters. The zero-order chi connectivity index (χ0) is 16.9. The summed E-state index contributed by atoms with van der Waals surface area (Å²) in [5.74, 6) is 0. The Bertz CT molecular complexity index is 717. The van der Waals surface area contributed by atoms with Crippen LogP contribution in [0.25, 0.3) is 11.1 Å². The molecule has 126 valence electrons. The van der Waals surface area contributed by atoms with Gasteiger partial charge in [0.1, 0.15) is 6.61 Å². The molecule has 0 saturated carbocycles. The average Bonchev–Trinajstić information content (AvgIpc) is 2.98. The molecule has 5 nitrogen and oxygen atoms in total. The number of hydrogen-bond donors (Lipinski definition) is 2. The molecule has 1 aliphatic rings. The molecule has 0 bridgehead atoms. The van der Waals surface area contributed by atoms with Gasteiger partial charge in [0.15, 0.2) is 0 Å². The van der Waals surface area contributed by atoms with E-state index in [2.05, 4.69) is 17.3 Å². The van der Waals surface area contributed by atoms with Crippen molar-refractivity contribution in [1.82, 2.24) is 4.90 Å². The molecule has 1 aliphatic heterocycles. The standard InChI is InChI=1S/C19H23N3O2/c1-22-11-5-8-16(22)13-24-19(23)21-18-10-3-2-9-17(18)14-6-4-7-15(20)12-14/h2-4,6-7,9-10,12,16H,5,8,11,13,20H2,1H3,(H,21,23)/t16-/m0/s1. The van der Waals surface area contributed by atoms with Crippen molar-refractivity contribution in [2.75, 3.05) is 31.2 Å². The van der Waals surface area contributed by atoms with E-state index in [0.29, 0.717) is 24.0 Å². The minimum Gasteiger partial charge on any atom is -0.448 e. The number of rotatable bonds is 4. The summed E-state index contributed by atoms with van der Waals surface area (Å²) in [6.45, 7) is 1.48. The van der Waals surface area contributed by atoms with Gasteiger partial charge in [-0.2, -0.15) is 0 Å². The van der Waals surface area contributed by atoms with Gasteiger partial charge in [0.25, 0.3) is 0 Å². The number of carbonyl (C=O) groups excluding carboxylic acids is 1. The molecule has 1 saturated heterocycles. The topological polar surface area (TPSA) is 67.6 Å². The van der Waals surface area contributed by atoms with Gasteiger partial charge in [0.2, 0.25) is 0 Å². The van der Waals surface area contributed by atoms with Crippen molar-refractivity contribution in [3.63, 3.8) is 0 Å². The first-order valence-electron chi connectivity index (χ1n) is 8.22. The monoisotopic (exact) mass is 325 g/mol. The summed E-state index contributed by atoms with van der Waals surface area (Å²) in [6, 6.07) is 15.5. The van der Waals surface area contributed by atoms with Crippen molar-refractivity contribution in [2.45, 2.75) is 18.9 Å². The maximum atomic E-state index is 12.1. The highest BCUT2D eigenvalue weighted by Crippen LogP contribution is 2.29. The summed E-state index contributed by atoms with van der Waals surface area (Å²) in [5.41, 5.74) is 9.14. The van der Waals surface area contributed by atoms with Gasteiger partial charge >= 0.3 is 6.09 Å². The van der Waals surface area contributed by atoms with Crippen LogP contribution >= 0.6 is 0 Å². The number of nitrogen functional groups attached to an aromatic ring is 1. The largest absolute Gasteiger partial charge is 0.448 e. The third-order valence-corrected chi connectivity index (χ3v) is 4.44. The second-order valence-corrected chi connectivity index (χ2v) is 6.17. The number of anilines is 2. The predicted octanol–water partition coefficient (Wildman–Crippen LogP) is 3.58. The Hall–Kier alpha value is -2.53. The Labute approximate surface area is 142 Å². The molecule has 5 heteroatoms. The summed E-state index contributed by atoms with van der Waals surface area (Å²) >= 11 is 0. The third kappa shape index (κ3) is 3.86. The fourth-order valence-electron chi connectivity index (χ4n) is 3.06. The van der Waals surface area contributed by atoms with Crippen molar-refractivity contribution < 1.29 is 9.53 Å². The van der Waals surface area contributed by atoms with E-state index in [9.17, 15) is 4.79 Å². The lowest BCUT2D eigenvalue weighted by molar-refractivity contribution is 0.127. The van der Waals surface area contributed by atoms with E-state index in [1.165, 1.54) is 0 Å². The molecule has 0 aliphatic carbocycles. The summed E-state index contributed by atoms with van der Waals surface area (Å²) in [7, 11) is 2.06.